The van der Waals surface area contributed by atoms with Crippen molar-refractivity contribution >= 4 is 26.1 Å². The summed E-state index contributed by atoms with van der Waals surface area (Å²) < 4.78 is 16.0. The fourth-order valence-electron chi connectivity index (χ4n) is 1.36. The van der Waals surface area contributed by atoms with Crippen molar-refractivity contribution in [1.29, 1.82) is 0 Å². The molecule has 0 atom stereocenters. The van der Waals surface area contributed by atoms with Gasteiger partial charge in [-0.3, -0.25) is 0 Å². The zero-order valence-corrected chi connectivity index (χ0v) is 13.0. The summed E-state index contributed by atoms with van der Waals surface area (Å²) in [7, 11) is 2.46. The Kier molecular flexibility index (Phi) is 9.66. The van der Waals surface area contributed by atoms with Gasteiger partial charge in [0.25, 0.3) is 0 Å². The van der Waals surface area contributed by atoms with Gasteiger partial charge in [0, 0.05) is 40.5 Å². The van der Waals surface area contributed by atoms with E-state index in [1.54, 1.807) is 21.3 Å². The van der Waals surface area contributed by atoms with E-state index in [-0.39, 0.29) is 0 Å². The Morgan fingerprint density at radius 3 is 2.06 bits per heavy atom. The average Bonchev–Trinajstić information content (AvgIpc) is 2.37. The molecule has 0 unspecified atom stereocenters. The van der Waals surface area contributed by atoms with Gasteiger partial charge in [-0.05, 0) is 25.1 Å². The molecule has 0 radical (unpaired) electrons. The average molecular weight is 280 g/mol. The molecule has 17 heavy (non-hydrogen) atoms. The highest BCUT2D eigenvalue weighted by Gasteiger charge is 2.36. The van der Waals surface area contributed by atoms with Crippen LogP contribution in [0.15, 0.2) is 0 Å². The lowest BCUT2D eigenvalue weighted by Crippen LogP contribution is -2.43. The van der Waals surface area contributed by atoms with Gasteiger partial charge in [-0.25, -0.2) is 0 Å². The molecule has 0 saturated carbocycles. The van der Waals surface area contributed by atoms with Crippen molar-refractivity contribution in [2.24, 2.45) is 0 Å². The lowest BCUT2D eigenvalue weighted by Gasteiger charge is -2.24. The Bertz CT molecular complexity index is 207. The van der Waals surface area contributed by atoms with Crippen molar-refractivity contribution in [3.8, 4) is 0 Å². The van der Waals surface area contributed by atoms with E-state index in [4.69, 9.17) is 25.5 Å². The normalized spacial score (nSPS) is 11.3. The molecular weight excluding hydrogens is 256 g/mol. The molecule has 0 bridgehead atoms. The molecule has 0 amide bonds. The molecule has 0 aliphatic rings. The maximum atomic E-state index is 5.33. The third-order valence-electron chi connectivity index (χ3n) is 2.41. The maximum absolute atomic E-state index is 5.33. The van der Waals surface area contributed by atoms with Crippen LogP contribution in [-0.2, 0) is 13.3 Å². The molecule has 0 fully saturated rings. The maximum Gasteiger partial charge on any atom is 0.500 e. The minimum atomic E-state index is -2.42. The SMILES string of the molecule is CCCNC(=S)NCCC[Si](OC)(OC)OC. The van der Waals surface area contributed by atoms with Crippen molar-refractivity contribution in [1.82, 2.24) is 10.6 Å². The van der Waals surface area contributed by atoms with E-state index in [1.807, 2.05) is 0 Å². The second-order valence-electron chi connectivity index (χ2n) is 3.58. The first-order valence-corrected chi connectivity index (χ1v) is 8.15. The van der Waals surface area contributed by atoms with Crippen molar-refractivity contribution in [3.05, 3.63) is 0 Å². The van der Waals surface area contributed by atoms with Crippen LogP contribution in [-0.4, -0.2) is 48.3 Å². The quantitative estimate of drug-likeness (QED) is 0.375. The molecule has 7 heteroatoms. The van der Waals surface area contributed by atoms with E-state index < -0.39 is 8.80 Å². The van der Waals surface area contributed by atoms with Gasteiger partial charge >= 0.3 is 8.80 Å². The zero-order chi connectivity index (χ0) is 13.1. The molecule has 0 aliphatic carbocycles. The first kappa shape index (κ1) is 16.8. The zero-order valence-electron chi connectivity index (χ0n) is 11.2. The van der Waals surface area contributed by atoms with Crippen LogP contribution in [0.25, 0.3) is 0 Å². The predicted molar refractivity (Wildman–Crippen MR) is 75.1 cm³/mol. The van der Waals surface area contributed by atoms with Crippen LogP contribution in [0.3, 0.4) is 0 Å². The number of hydrogen-bond acceptors (Lipinski definition) is 4. The van der Waals surface area contributed by atoms with Gasteiger partial charge in [0.05, 0.1) is 0 Å². The molecule has 0 aromatic rings. The van der Waals surface area contributed by atoms with E-state index in [0.29, 0.717) is 5.11 Å². The summed E-state index contributed by atoms with van der Waals surface area (Å²) in [6.07, 6.45) is 1.96. The van der Waals surface area contributed by atoms with Crippen molar-refractivity contribution in [2.75, 3.05) is 34.4 Å². The minimum absolute atomic E-state index is 0.700. The van der Waals surface area contributed by atoms with Crippen LogP contribution in [0, 0.1) is 0 Å². The third-order valence-corrected chi connectivity index (χ3v) is 5.53. The van der Waals surface area contributed by atoms with E-state index in [2.05, 4.69) is 17.6 Å². The predicted octanol–water partition coefficient (Wildman–Crippen LogP) is 1.13. The Morgan fingerprint density at radius 2 is 1.59 bits per heavy atom. The molecule has 0 aliphatic heterocycles. The second kappa shape index (κ2) is 9.78. The summed E-state index contributed by atoms with van der Waals surface area (Å²) >= 11 is 5.11. The summed E-state index contributed by atoms with van der Waals surface area (Å²) in [5.41, 5.74) is 0. The van der Waals surface area contributed by atoms with Gasteiger partial charge in [0.15, 0.2) is 5.11 Å². The molecule has 0 saturated heterocycles. The van der Waals surface area contributed by atoms with E-state index in [1.165, 1.54) is 0 Å². The summed E-state index contributed by atoms with van der Waals surface area (Å²) in [6.45, 7) is 3.80. The Balaban J connectivity index is 3.71. The van der Waals surface area contributed by atoms with Crippen molar-refractivity contribution in [3.63, 3.8) is 0 Å². The number of nitrogens with one attached hydrogen (secondary N) is 2. The Hall–Kier alpha value is -0.213. The van der Waals surface area contributed by atoms with Gasteiger partial charge in [-0.1, -0.05) is 6.92 Å². The lowest BCUT2D eigenvalue weighted by atomic mass is 10.5. The molecule has 102 valence electrons. The Morgan fingerprint density at radius 1 is 1.06 bits per heavy atom. The largest absolute Gasteiger partial charge is 0.500 e. The van der Waals surface area contributed by atoms with Gasteiger partial charge in [-0.2, -0.15) is 0 Å². The molecule has 0 rings (SSSR count). The minimum Gasteiger partial charge on any atom is -0.377 e. The van der Waals surface area contributed by atoms with Gasteiger partial charge in [-0.15, -0.1) is 0 Å². The van der Waals surface area contributed by atoms with E-state index in [0.717, 1.165) is 32.0 Å². The molecular formula is C10H24N2O3SSi. The van der Waals surface area contributed by atoms with Gasteiger partial charge in [0.2, 0.25) is 0 Å². The lowest BCUT2D eigenvalue weighted by molar-refractivity contribution is 0.123. The highest BCUT2D eigenvalue weighted by molar-refractivity contribution is 7.80. The van der Waals surface area contributed by atoms with Crippen LogP contribution in [0.4, 0.5) is 0 Å². The van der Waals surface area contributed by atoms with Crippen LogP contribution in [0.1, 0.15) is 19.8 Å². The van der Waals surface area contributed by atoms with Crippen molar-refractivity contribution in [2.45, 2.75) is 25.8 Å². The van der Waals surface area contributed by atoms with E-state index in [9.17, 15) is 0 Å². The summed E-state index contributed by atoms with van der Waals surface area (Å²) in [4.78, 5) is 0. The molecule has 5 nitrogen and oxygen atoms in total. The number of thiocarbonyl (C=S) groups is 1. The summed E-state index contributed by atoms with van der Waals surface area (Å²) in [5.74, 6) is 0. The number of rotatable bonds is 9. The van der Waals surface area contributed by atoms with Crippen LogP contribution >= 0.6 is 12.2 Å². The molecule has 0 spiro atoms. The smallest absolute Gasteiger partial charge is 0.377 e. The van der Waals surface area contributed by atoms with Gasteiger partial charge < -0.3 is 23.9 Å². The monoisotopic (exact) mass is 280 g/mol. The van der Waals surface area contributed by atoms with Crippen LogP contribution in [0.2, 0.25) is 6.04 Å². The molecule has 0 heterocycles. The first-order chi connectivity index (χ1) is 8.14. The highest BCUT2D eigenvalue weighted by atomic mass is 32.1. The fraction of sp³-hybridized carbons (Fsp3) is 0.900. The highest BCUT2D eigenvalue weighted by Crippen LogP contribution is 2.14. The number of hydrogen-bond donors (Lipinski definition) is 2. The third kappa shape index (κ3) is 6.94. The van der Waals surface area contributed by atoms with Crippen molar-refractivity contribution < 1.29 is 13.3 Å². The van der Waals surface area contributed by atoms with Gasteiger partial charge in [0.1, 0.15) is 0 Å². The first-order valence-electron chi connectivity index (χ1n) is 5.81. The fourth-order valence-corrected chi connectivity index (χ4v) is 3.29. The van der Waals surface area contributed by atoms with Crippen LogP contribution in [0.5, 0.6) is 0 Å². The topological polar surface area (TPSA) is 51.8 Å². The summed E-state index contributed by atoms with van der Waals surface area (Å²) in [6, 6.07) is 0.778. The molecule has 0 aromatic heterocycles. The molecule has 0 aromatic carbocycles. The van der Waals surface area contributed by atoms with E-state index >= 15 is 0 Å². The Labute approximate surface area is 111 Å². The standard InChI is InChI=1S/C10H24N2O3SSi/c1-5-7-11-10(16)12-8-6-9-17(13-2,14-3)15-4/h5-9H2,1-4H3,(H2,11,12,16). The second-order valence-corrected chi connectivity index (χ2v) is 7.08. The van der Waals surface area contributed by atoms with Crippen LogP contribution < -0.4 is 10.6 Å². The summed E-state index contributed by atoms with van der Waals surface area (Å²) in [5, 5.41) is 6.95. The molecule has 2 N–H and O–H groups in total.